The molecule has 1 heterocycles. The number of hydrogen-bond donors (Lipinski definition) is 2. The van der Waals surface area contributed by atoms with Crippen LogP contribution in [0.3, 0.4) is 0 Å². The van der Waals surface area contributed by atoms with Gasteiger partial charge in [0.1, 0.15) is 5.54 Å². The van der Waals surface area contributed by atoms with E-state index in [2.05, 4.69) is 22.3 Å². The van der Waals surface area contributed by atoms with E-state index in [1.54, 1.807) is 0 Å². The van der Waals surface area contributed by atoms with Crippen LogP contribution >= 0.6 is 0 Å². The molecule has 1 fully saturated rings. The van der Waals surface area contributed by atoms with Gasteiger partial charge in [0.25, 0.3) is 0 Å². The number of likely N-dealkylation sites (tertiary alicyclic amines) is 1. The Morgan fingerprint density at radius 3 is 2.44 bits per heavy atom. The summed E-state index contributed by atoms with van der Waals surface area (Å²) in [5.41, 5.74) is 7.53. The SMILES string of the molecule is COC(=O)C1(NCC(C)(N)c2ccccc2)CCN(Cc2ccccc2)C1. The molecule has 0 aliphatic carbocycles. The molecule has 3 rings (SSSR count). The van der Waals surface area contributed by atoms with Gasteiger partial charge in [-0.05, 0) is 24.5 Å². The van der Waals surface area contributed by atoms with Crippen LogP contribution in [-0.2, 0) is 21.6 Å². The number of nitrogens with one attached hydrogen (secondary N) is 1. The van der Waals surface area contributed by atoms with E-state index in [0.29, 0.717) is 19.5 Å². The van der Waals surface area contributed by atoms with E-state index in [1.807, 2.05) is 55.5 Å². The fourth-order valence-electron chi connectivity index (χ4n) is 3.72. The molecular formula is C22H29N3O2. The van der Waals surface area contributed by atoms with Crippen molar-refractivity contribution in [2.75, 3.05) is 26.7 Å². The summed E-state index contributed by atoms with van der Waals surface area (Å²) in [5.74, 6) is -0.220. The molecule has 5 heteroatoms. The molecule has 0 aromatic heterocycles. The van der Waals surface area contributed by atoms with Gasteiger partial charge in [0.2, 0.25) is 0 Å². The van der Waals surface area contributed by atoms with Gasteiger partial charge in [0.05, 0.1) is 12.6 Å². The van der Waals surface area contributed by atoms with E-state index in [1.165, 1.54) is 12.7 Å². The summed E-state index contributed by atoms with van der Waals surface area (Å²) in [4.78, 5) is 14.9. The van der Waals surface area contributed by atoms with Crippen molar-refractivity contribution in [3.8, 4) is 0 Å². The second-order valence-corrected chi connectivity index (χ2v) is 7.66. The lowest BCUT2D eigenvalue weighted by Crippen LogP contribution is -2.59. The van der Waals surface area contributed by atoms with Crippen LogP contribution in [0.5, 0.6) is 0 Å². The molecule has 1 saturated heterocycles. The first-order valence-corrected chi connectivity index (χ1v) is 9.39. The fourth-order valence-corrected chi connectivity index (χ4v) is 3.72. The van der Waals surface area contributed by atoms with Crippen LogP contribution < -0.4 is 11.1 Å². The molecule has 1 aliphatic rings. The van der Waals surface area contributed by atoms with Gasteiger partial charge in [-0.1, -0.05) is 60.7 Å². The molecule has 27 heavy (non-hydrogen) atoms. The Kier molecular flexibility index (Phi) is 5.95. The van der Waals surface area contributed by atoms with E-state index in [9.17, 15) is 4.79 Å². The van der Waals surface area contributed by atoms with Crippen molar-refractivity contribution in [3.63, 3.8) is 0 Å². The molecule has 0 radical (unpaired) electrons. The maximum absolute atomic E-state index is 12.6. The molecular weight excluding hydrogens is 338 g/mol. The van der Waals surface area contributed by atoms with Crippen LogP contribution in [0.1, 0.15) is 24.5 Å². The third-order valence-corrected chi connectivity index (χ3v) is 5.40. The number of methoxy groups -OCH3 is 1. The molecule has 0 amide bonds. The third kappa shape index (κ3) is 4.56. The summed E-state index contributed by atoms with van der Waals surface area (Å²) in [7, 11) is 1.45. The Hall–Kier alpha value is -2.21. The number of ether oxygens (including phenoxy) is 1. The largest absolute Gasteiger partial charge is 0.468 e. The first-order valence-electron chi connectivity index (χ1n) is 9.39. The zero-order chi connectivity index (χ0) is 19.3. The normalized spacial score (nSPS) is 22.3. The van der Waals surface area contributed by atoms with Gasteiger partial charge < -0.3 is 10.5 Å². The summed E-state index contributed by atoms with van der Waals surface area (Å²) < 4.78 is 5.14. The van der Waals surface area contributed by atoms with Crippen LogP contribution in [0.4, 0.5) is 0 Å². The highest BCUT2D eigenvalue weighted by molar-refractivity contribution is 5.81. The zero-order valence-corrected chi connectivity index (χ0v) is 16.2. The van der Waals surface area contributed by atoms with Crippen LogP contribution in [0.15, 0.2) is 60.7 Å². The molecule has 2 atom stereocenters. The number of benzene rings is 2. The Morgan fingerprint density at radius 1 is 1.19 bits per heavy atom. The molecule has 5 nitrogen and oxygen atoms in total. The van der Waals surface area contributed by atoms with E-state index in [0.717, 1.165) is 18.7 Å². The smallest absolute Gasteiger partial charge is 0.327 e. The number of carbonyl (C=O) groups is 1. The van der Waals surface area contributed by atoms with Gasteiger partial charge in [-0.15, -0.1) is 0 Å². The van der Waals surface area contributed by atoms with Crippen molar-refractivity contribution in [2.24, 2.45) is 5.73 Å². The summed E-state index contributed by atoms with van der Waals surface area (Å²) in [6.45, 7) is 4.74. The quantitative estimate of drug-likeness (QED) is 0.735. The number of hydrogen-bond acceptors (Lipinski definition) is 5. The average Bonchev–Trinajstić information content (AvgIpc) is 3.11. The van der Waals surface area contributed by atoms with E-state index >= 15 is 0 Å². The van der Waals surface area contributed by atoms with E-state index in [-0.39, 0.29) is 5.97 Å². The van der Waals surface area contributed by atoms with Crippen LogP contribution in [-0.4, -0.2) is 43.2 Å². The van der Waals surface area contributed by atoms with Crippen molar-refractivity contribution in [2.45, 2.75) is 31.0 Å². The van der Waals surface area contributed by atoms with Crippen molar-refractivity contribution < 1.29 is 9.53 Å². The molecule has 144 valence electrons. The first-order chi connectivity index (χ1) is 13.0. The monoisotopic (exact) mass is 367 g/mol. The zero-order valence-electron chi connectivity index (χ0n) is 16.2. The maximum Gasteiger partial charge on any atom is 0.327 e. The molecule has 2 aromatic carbocycles. The van der Waals surface area contributed by atoms with Crippen molar-refractivity contribution in [1.29, 1.82) is 0 Å². The highest BCUT2D eigenvalue weighted by atomic mass is 16.5. The summed E-state index contributed by atoms with van der Waals surface area (Å²) in [5, 5.41) is 3.46. The molecule has 2 unspecified atom stereocenters. The van der Waals surface area contributed by atoms with Crippen LogP contribution in [0.25, 0.3) is 0 Å². The second-order valence-electron chi connectivity index (χ2n) is 7.66. The van der Waals surface area contributed by atoms with Crippen LogP contribution in [0.2, 0.25) is 0 Å². The van der Waals surface area contributed by atoms with Gasteiger partial charge >= 0.3 is 5.97 Å². The number of esters is 1. The first kappa shape index (κ1) is 19.5. The summed E-state index contributed by atoms with van der Waals surface area (Å²) in [6, 6.07) is 20.3. The van der Waals surface area contributed by atoms with Gasteiger partial charge in [0, 0.05) is 26.2 Å². The molecule has 1 aliphatic heterocycles. The van der Waals surface area contributed by atoms with Gasteiger partial charge in [0.15, 0.2) is 0 Å². The van der Waals surface area contributed by atoms with E-state index < -0.39 is 11.1 Å². The topological polar surface area (TPSA) is 67.6 Å². The highest BCUT2D eigenvalue weighted by Crippen LogP contribution is 2.26. The fraction of sp³-hybridized carbons (Fsp3) is 0.409. The maximum atomic E-state index is 12.6. The van der Waals surface area contributed by atoms with Crippen LogP contribution in [0, 0.1) is 0 Å². The van der Waals surface area contributed by atoms with Gasteiger partial charge in [-0.2, -0.15) is 0 Å². The number of nitrogens with zero attached hydrogens (tertiary/aromatic N) is 1. The standard InChI is InChI=1S/C22H29N3O2/c1-21(23,19-11-7-4-8-12-19)16-24-22(20(26)27-2)13-14-25(17-22)15-18-9-5-3-6-10-18/h3-12,24H,13-17,23H2,1-2H3. The second kappa shape index (κ2) is 8.21. The molecule has 2 aromatic rings. The minimum Gasteiger partial charge on any atom is -0.468 e. The van der Waals surface area contributed by atoms with E-state index in [4.69, 9.17) is 10.5 Å². The lowest BCUT2D eigenvalue weighted by atomic mass is 9.90. The summed E-state index contributed by atoms with van der Waals surface area (Å²) in [6.07, 6.45) is 0.706. The van der Waals surface area contributed by atoms with Crippen molar-refractivity contribution in [1.82, 2.24) is 10.2 Å². The molecule has 0 spiro atoms. The Morgan fingerprint density at radius 2 is 1.81 bits per heavy atom. The lowest BCUT2D eigenvalue weighted by Gasteiger charge is -2.33. The number of nitrogens with two attached hydrogens (primary N) is 1. The number of rotatable bonds is 7. The van der Waals surface area contributed by atoms with Crippen molar-refractivity contribution in [3.05, 3.63) is 71.8 Å². The highest BCUT2D eigenvalue weighted by Gasteiger charge is 2.46. The molecule has 0 saturated carbocycles. The lowest BCUT2D eigenvalue weighted by molar-refractivity contribution is -0.148. The Labute approximate surface area is 161 Å². The van der Waals surface area contributed by atoms with Crippen molar-refractivity contribution >= 4 is 5.97 Å². The Balaban J connectivity index is 1.70. The molecule has 0 bridgehead atoms. The minimum absolute atomic E-state index is 0.220. The van der Waals surface area contributed by atoms with Gasteiger partial charge in [-0.25, -0.2) is 0 Å². The predicted molar refractivity (Wildman–Crippen MR) is 107 cm³/mol. The number of carbonyl (C=O) groups excluding carboxylic acids is 1. The van der Waals surface area contributed by atoms with Gasteiger partial charge in [-0.3, -0.25) is 15.0 Å². The predicted octanol–water partition coefficient (Wildman–Crippen LogP) is 2.27. The average molecular weight is 367 g/mol. The minimum atomic E-state index is -0.723. The summed E-state index contributed by atoms with van der Waals surface area (Å²) >= 11 is 0. The Bertz CT molecular complexity index is 749. The molecule has 3 N–H and O–H groups in total. The third-order valence-electron chi connectivity index (χ3n) is 5.40.